The Labute approximate surface area is 94.2 Å². The van der Waals surface area contributed by atoms with Gasteiger partial charge in [-0.05, 0) is 62.2 Å². The Morgan fingerprint density at radius 3 is 2.77 bits per heavy atom. The van der Waals surface area contributed by atoms with Crippen LogP contribution in [0.25, 0.3) is 0 Å². The van der Waals surface area contributed by atoms with E-state index in [1.165, 1.54) is 12.8 Å². The molecule has 0 amide bonds. The maximum atomic E-state index is 6.09. The normalized spacial score (nSPS) is 18.7. The van der Waals surface area contributed by atoms with Gasteiger partial charge in [0, 0.05) is 16.7 Å². The van der Waals surface area contributed by atoms with Gasteiger partial charge in [-0.25, -0.2) is 4.98 Å². The molecule has 0 radical (unpaired) electrons. The zero-order chi connectivity index (χ0) is 9.42. The van der Waals surface area contributed by atoms with Gasteiger partial charge in [-0.15, -0.1) is 0 Å². The number of hydrogen-bond donors (Lipinski definition) is 1. The fourth-order valence-electron chi connectivity index (χ4n) is 1.39. The lowest BCUT2D eigenvalue weighted by Gasteiger charge is -2.12. The molecule has 1 aromatic heterocycles. The molecular formula is C9H10Br2N2. The number of nitrogens with two attached hydrogens (primary N) is 1. The van der Waals surface area contributed by atoms with Gasteiger partial charge >= 0.3 is 0 Å². The van der Waals surface area contributed by atoms with Gasteiger partial charge < -0.3 is 5.73 Å². The van der Waals surface area contributed by atoms with Crippen molar-refractivity contribution >= 4 is 31.9 Å². The van der Waals surface area contributed by atoms with E-state index in [1.807, 2.05) is 6.07 Å². The Morgan fingerprint density at radius 1 is 1.46 bits per heavy atom. The number of aromatic nitrogens is 1. The third kappa shape index (κ3) is 2.11. The van der Waals surface area contributed by atoms with Crippen LogP contribution >= 0.6 is 31.9 Å². The Hall–Kier alpha value is 0.0700. The van der Waals surface area contributed by atoms with Crippen molar-refractivity contribution in [3.8, 4) is 0 Å². The molecule has 70 valence electrons. The summed E-state index contributed by atoms with van der Waals surface area (Å²) in [4.78, 5) is 4.12. The van der Waals surface area contributed by atoms with Crippen LogP contribution in [0.1, 0.15) is 24.4 Å². The second kappa shape index (κ2) is 3.67. The van der Waals surface area contributed by atoms with E-state index in [2.05, 4.69) is 36.8 Å². The molecule has 4 heteroatoms. The lowest BCUT2D eigenvalue weighted by molar-refractivity contribution is 0.629. The molecule has 1 aliphatic carbocycles. The SMILES string of the molecule is N[C@H](c1cc(Br)ncc1Br)C1CC1. The summed E-state index contributed by atoms with van der Waals surface area (Å²) in [5.74, 6) is 0.672. The van der Waals surface area contributed by atoms with Crippen molar-refractivity contribution in [2.75, 3.05) is 0 Å². The predicted molar refractivity (Wildman–Crippen MR) is 59.3 cm³/mol. The second-order valence-electron chi connectivity index (χ2n) is 3.39. The fraction of sp³-hybridized carbons (Fsp3) is 0.444. The average Bonchev–Trinajstić information content (AvgIpc) is 2.91. The van der Waals surface area contributed by atoms with E-state index >= 15 is 0 Å². The molecule has 1 aromatic rings. The third-order valence-electron chi connectivity index (χ3n) is 2.34. The van der Waals surface area contributed by atoms with E-state index in [-0.39, 0.29) is 6.04 Å². The predicted octanol–water partition coefficient (Wildman–Crippen LogP) is 3.02. The van der Waals surface area contributed by atoms with Gasteiger partial charge in [0.1, 0.15) is 4.60 Å². The van der Waals surface area contributed by atoms with E-state index in [0.717, 1.165) is 14.6 Å². The van der Waals surface area contributed by atoms with Gasteiger partial charge in [-0.3, -0.25) is 0 Å². The van der Waals surface area contributed by atoms with Crippen LogP contribution in [0, 0.1) is 5.92 Å². The molecule has 1 aliphatic rings. The maximum Gasteiger partial charge on any atom is 0.106 e. The van der Waals surface area contributed by atoms with Crippen molar-refractivity contribution in [2.24, 2.45) is 11.7 Å². The van der Waals surface area contributed by atoms with Gasteiger partial charge in [0.05, 0.1) is 0 Å². The minimum absolute atomic E-state index is 0.161. The molecule has 0 bridgehead atoms. The molecule has 0 aliphatic heterocycles. The molecular weight excluding hydrogens is 296 g/mol. The van der Waals surface area contributed by atoms with Crippen molar-refractivity contribution < 1.29 is 0 Å². The molecule has 0 aromatic carbocycles. The van der Waals surface area contributed by atoms with Gasteiger partial charge in [0.25, 0.3) is 0 Å². The molecule has 2 nitrogen and oxygen atoms in total. The molecule has 1 saturated carbocycles. The van der Waals surface area contributed by atoms with Crippen molar-refractivity contribution in [1.29, 1.82) is 0 Å². The first-order chi connectivity index (χ1) is 6.18. The standard InChI is InChI=1S/C9H10Br2N2/c10-7-4-13-8(11)3-6(7)9(12)5-1-2-5/h3-5,9H,1-2,12H2/t9-/m0/s1. The number of hydrogen-bond acceptors (Lipinski definition) is 2. The Morgan fingerprint density at radius 2 is 2.15 bits per heavy atom. The summed E-state index contributed by atoms with van der Waals surface area (Å²) >= 11 is 6.81. The van der Waals surface area contributed by atoms with Crippen LogP contribution in [-0.2, 0) is 0 Å². The van der Waals surface area contributed by atoms with Crippen molar-refractivity contribution in [2.45, 2.75) is 18.9 Å². The average molecular weight is 306 g/mol. The highest BCUT2D eigenvalue weighted by molar-refractivity contribution is 9.11. The van der Waals surface area contributed by atoms with Crippen LogP contribution in [0.2, 0.25) is 0 Å². The third-order valence-corrected chi connectivity index (χ3v) is 3.44. The van der Waals surface area contributed by atoms with Gasteiger partial charge in [-0.1, -0.05) is 0 Å². The van der Waals surface area contributed by atoms with E-state index in [9.17, 15) is 0 Å². The van der Waals surface area contributed by atoms with Crippen molar-refractivity contribution in [1.82, 2.24) is 4.98 Å². The summed E-state index contributed by atoms with van der Waals surface area (Å²) in [6.07, 6.45) is 4.31. The zero-order valence-corrected chi connectivity index (χ0v) is 10.2. The zero-order valence-electron chi connectivity index (χ0n) is 7.00. The summed E-state index contributed by atoms with van der Waals surface area (Å²) in [6, 6.07) is 2.15. The molecule has 2 N–H and O–H groups in total. The molecule has 1 heterocycles. The maximum absolute atomic E-state index is 6.09. The first kappa shape index (κ1) is 9.62. The van der Waals surface area contributed by atoms with Crippen LogP contribution in [0.3, 0.4) is 0 Å². The highest BCUT2D eigenvalue weighted by atomic mass is 79.9. The summed E-state index contributed by atoms with van der Waals surface area (Å²) in [5, 5.41) is 0. The van der Waals surface area contributed by atoms with Gasteiger partial charge in [0.15, 0.2) is 0 Å². The minimum Gasteiger partial charge on any atom is -0.324 e. The van der Waals surface area contributed by atoms with Gasteiger partial charge in [0.2, 0.25) is 0 Å². The van der Waals surface area contributed by atoms with Crippen LogP contribution in [0.5, 0.6) is 0 Å². The number of pyridine rings is 1. The Bertz CT molecular complexity index is 323. The smallest absolute Gasteiger partial charge is 0.106 e. The monoisotopic (exact) mass is 304 g/mol. The van der Waals surface area contributed by atoms with Crippen molar-refractivity contribution in [3.63, 3.8) is 0 Å². The Balaban J connectivity index is 2.31. The van der Waals surface area contributed by atoms with Crippen LogP contribution in [0.15, 0.2) is 21.3 Å². The quantitative estimate of drug-likeness (QED) is 0.853. The molecule has 1 atom stereocenters. The topological polar surface area (TPSA) is 38.9 Å². The molecule has 1 fully saturated rings. The molecule has 13 heavy (non-hydrogen) atoms. The van der Waals surface area contributed by atoms with E-state index in [0.29, 0.717) is 5.92 Å². The van der Waals surface area contributed by atoms with Gasteiger partial charge in [-0.2, -0.15) is 0 Å². The molecule has 2 rings (SSSR count). The Kier molecular flexibility index (Phi) is 2.72. The first-order valence-corrected chi connectivity index (χ1v) is 5.83. The molecule has 0 saturated heterocycles. The summed E-state index contributed by atoms with van der Waals surface area (Å²) in [5.41, 5.74) is 7.25. The second-order valence-corrected chi connectivity index (χ2v) is 5.06. The lowest BCUT2D eigenvalue weighted by Crippen LogP contribution is -2.13. The van der Waals surface area contributed by atoms with E-state index in [1.54, 1.807) is 6.20 Å². The largest absolute Gasteiger partial charge is 0.324 e. The lowest BCUT2D eigenvalue weighted by atomic mass is 10.1. The van der Waals surface area contributed by atoms with Crippen molar-refractivity contribution in [3.05, 3.63) is 26.9 Å². The molecule has 0 unspecified atom stereocenters. The van der Waals surface area contributed by atoms with E-state index in [4.69, 9.17) is 5.73 Å². The van der Waals surface area contributed by atoms with E-state index < -0.39 is 0 Å². The summed E-state index contributed by atoms with van der Waals surface area (Å²) in [6.45, 7) is 0. The fourth-order valence-corrected chi connectivity index (χ4v) is 2.22. The number of nitrogens with zero attached hydrogens (tertiary/aromatic N) is 1. The molecule has 0 spiro atoms. The van der Waals surface area contributed by atoms with Crippen LogP contribution in [-0.4, -0.2) is 4.98 Å². The summed E-state index contributed by atoms with van der Waals surface area (Å²) < 4.78 is 1.86. The number of rotatable bonds is 2. The number of halogens is 2. The summed E-state index contributed by atoms with van der Waals surface area (Å²) in [7, 11) is 0. The highest BCUT2D eigenvalue weighted by Crippen LogP contribution is 2.41. The highest BCUT2D eigenvalue weighted by Gasteiger charge is 2.30. The van der Waals surface area contributed by atoms with Crippen LogP contribution in [0.4, 0.5) is 0 Å². The first-order valence-electron chi connectivity index (χ1n) is 4.25. The van der Waals surface area contributed by atoms with Crippen LogP contribution < -0.4 is 5.73 Å². The minimum atomic E-state index is 0.161.